The van der Waals surface area contributed by atoms with Crippen LogP contribution in [0.5, 0.6) is 5.75 Å². The maximum Gasteiger partial charge on any atom is 0.134 e. The van der Waals surface area contributed by atoms with E-state index in [1.807, 2.05) is 0 Å². The van der Waals surface area contributed by atoms with Crippen molar-refractivity contribution in [3.63, 3.8) is 0 Å². The molecular weight excluding hydrogens is 382 g/mol. The van der Waals surface area contributed by atoms with Gasteiger partial charge >= 0.3 is 0 Å². The lowest BCUT2D eigenvalue weighted by atomic mass is 9.86. The fraction of sp³-hybridized carbons (Fsp3) is 0.481. The van der Waals surface area contributed by atoms with Crippen LogP contribution in [0.4, 0.5) is 0 Å². The Morgan fingerprint density at radius 2 is 1.77 bits per heavy atom. The Morgan fingerprint density at radius 1 is 1.03 bits per heavy atom. The standard InChI is InChI=1S/C27H35N3O/c1-26(2,3)19-7-8-23-21(16-19)22-15-18(17-30-13-11-29(6)12-14-30)25-20(24(22)28-23)9-10-27(4,5)31-25/h7-10,15-16,28H,11-14,17H2,1-6H3. The van der Waals surface area contributed by atoms with Crippen molar-refractivity contribution in [3.8, 4) is 5.75 Å². The SMILES string of the molecule is CN1CCN(Cc2cc3c([nH]c4ccc(C(C)(C)C)cc43)c3c2OC(C)(C)C=C3)CC1. The lowest BCUT2D eigenvalue weighted by Gasteiger charge is -2.34. The van der Waals surface area contributed by atoms with E-state index in [1.165, 1.54) is 38.5 Å². The molecule has 2 aliphatic heterocycles. The van der Waals surface area contributed by atoms with Gasteiger partial charge in [-0.1, -0.05) is 26.8 Å². The monoisotopic (exact) mass is 417 g/mol. The summed E-state index contributed by atoms with van der Waals surface area (Å²) in [5.74, 6) is 1.04. The minimum atomic E-state index is -0.289. The van der Waals surface area contributed by atoms with Gasteiger partial charge < -0.3 is 14.6 Å². The van der Waals surface area contributed by atoms with Gasteiger partial charge in [0.05, 0.1) is 5.52 Å². The average Bonchev–Trinajstić information content (AvgIpc) is 3.06. The molecule has 0 amide bonds. The average molecular weight is 418 g/mol. The number of fused-ring (bicyclic) bond motifs is 5. The van der Waals surface area contributed by atoms with Gasteiger partial charge in [-0.2, -0.15) is 0 Å². The molecular formula is C27H35N3O. The van der Waals surface area contributed by atoms with E-state index in [-0.39, 0.29) is 11.0 Å². The molecule has 2 aliphatic rings. The molecule has 164 valence electrons. The molecule has 2 aromatic carbocycles. The number of hydrogen-bond donors (Lipinski definition) is 1. The highest BCUT2D eigenvalue weighted by molar-refractivity contribution is 6.11. The molecule has 31 heavy (non-hydrogen) atoms. The van der Waals surface area contributed by atoms with E-state index >= 15 is 0 Å². The molecule has 1 aromatic heterocycles. The Hall–Kier alpha value is -2.30. The van der Waals surface area contributed by atoms with Gasteiger partial charge in [-0.05, 0) is 62.2 Å². The minimum absolute atomic E-state index is 0.127. The van der Waals surface area contributed by atoms with Gasteiger partial charge in [-0.15, -0.1) is 0 Å². The molecule has 0 saturated carbocycles. The zero-order valence-electron chi connectivity index (χ0n) is 19.8. The lowest BCUT2D eigenvalue weighted by molar-refractivity contribution is 0.136. The van der Waals surface area contributed by atoms with Gasteiger partial charge in [0.25, 0.3) is 0 Å². The van der Waals surface area contributed by atoms with Crippen molar-refractivity contribution < 1.29 is 4.74 Å². The third kappa shape index (κ3) is 3.77. The Morgan fingerprint density at radius 3 is 2.48 bits per heavy atom. The summed E-state index contributed by atoms with van der Waals surface area (Å²) < 4.78 is 6.55. The molecule has 5 rings (SSSR count). The highest BCUT2D eigenvalue weighted by Gasteiger charge is 2.28. The number of piperazine rings is 1. The number of nitrogens with zero attached hydrogens (tertiary/aromatic N) is 2. The summed E-state index contributed by atoms with van der Waals surface area (Å²) in [5, 5.41) is 2.61. The molecule has 0 aliphatic carbocycles. The molecule has 1 saturated heterocycles. The Labute approximate surface area is 185 Å². The van der Waals surface area contributed by atoms with Crippen LogP contribution < -0.4 is 4.74 Å². The maximum absolute atomic E-state index is 6.55. The van der Waals surface area contributed by atoms with Gasteiger partial charge in [0.2, 0.25) is 0 Å². The van der Waals surface area contributed by atoms with Crippen LogP contribution in [0.3, 0.4) is 0 Å². The summed E-state index contributed by atoms with van der Waals surface area (Å²) in [5.41, 5.74) is 6.07. The van der Waals surface area contributed by atoms with Crippen molar-refractivity contribution in [1.29, 1.82) is 0 Å². The summed E-state index contributed by atoms with van der Waals surface area (Å²) in [7, 11) is 2.21. The first-order valence-electron chi connectivity index (χ1n) is 11.5. The molecule has 4 heteroatoms. The van der Waals surface area contributed by atoms with E-state index in [0.717, 1.165) is 38.5 Å². The first-order valence-corrected chi connectivity index (χ1v) is 11.5. The van der Waals surface area contributed by atoms with Gasteiger partial charge in [-0.3, -0.25) is 4.90 Å². The van der Waals surface area contributed by atoms with Crippen molar-refractivity contribution >= 4 is 27.9 Å². The highest BCUT2D eigenvalue weighted by atomic mass is 16.5. The normalized spacial score (nSPS) is 19.7. The molecule has 0 spiro atoms. The second kappa shape index (κ2) is 7.11. The predicted octanol–water partition coefficient (Wildman–Crippen LogP) is 5.55. The van der Waals surface area contributed by atoms with Gasteiger partial charge in [0.15, 0.2) is 0 Å². The van der Waals surface area contributed by atoms with Gasteiger partial charge in [-0.25, -0.2) is 0 Å². The Bertz CT molecular complexity index is 1170. The van der Waals surface area contributed by atoms with Crippen LogP contribution in [0.2, 0.25) is 0 Å². The quantitative estimate of drug-likeness (QED) is 0.593. The Kier molecular flexibility index (Phi) is 4.72. The smallest absolute Gasteiger partial charge is 0.134 e. The number of rotatable bonds is 2. The van der Waals surface area contributed by atoms with Crippen LogP contribution >= 0.6 is 0 Å². The fourth-order valence-corrected chi connectivity index (χ4v) is 4.79. The maximum atomic E-state index is 6.55. The zero-order chi connectivity index (χ0) is 22.0. The van der Waals surface area contributed by atoms with Crippen molar-refractivity contribution in [2.24, 2.45) is 0 Å². The number of aromatic amines is 1. The molecule has 0 radical (unpaired) electrons. The largest absolute Gasteiger partial charge is 0.483 e. The molecule has 3 heterocycles. The van der Waals surface area contributed by atoms with Gasteiger partial charge in [0, 0.05) is 60.1 Å². The van der Waals surface area contributed by atoms with Crippen molar-refractivity contribution in [3.05, 3.63) is 47.0 Å². The molecule has 0 bridgehead atoms. The molecule has 1 fully saturated rings. The molecule has 1 N–H and O–H groups in total. The van der Waals surface area contributed by atoms with Crippen molar-refractivity contribution in [2.45, 2.75) is 52.2 Å². The van der Waals surface area contributed by atoms with Crippen LogP contribution in [0.15, 0.2) is 30.3 Å². The van der Waals surface area contributed by atoms with Crippen LogP contribution in [-0.2, 0) is 12.0 Å². The molecule has 3 aromatic rings. The summed E-state index contributed by atoms with van der Waals surface area (Å²) in [6, 6.07) is 9.25. The number of ether oxygens (including phenoxy) is 1. The van der Waals surface area contributed by atoms with E-state index < -0.39 is 0 Å². The summed E-state index contributed by atoms with van der Waals surface area (Å²) in [4.78, 5) is 8.67. The Balaban J connectivity index is 1.69. The second-order valence-corrected chi connectivity index (χ2v) is 11.0. The van der Waals surface area contributed by atoms with E-state index in [4.69, 9.17) is 4.74 Å². The van der Waals surface area contributed by atoms with E-state index in [9.17, 15) is 0 Å². The lowest BCUT2D eigenvalue weighted by Crippen LogP contribution is -2.44. The molecule has 4 nitrogen and oxygen atoms in total. The second-order valence-electron chi connectivity index (χ2n) is 11.0. The predicted molar refractivity (Wildman–Crippen MR) is 131 cm³/mol. The first-order chi connectivity index (χ1) is 14.6. The number of benzene rings is 2. The fourth-order valence-electron chi connectivity index (χ4n) is 4.79. The minimum Gasteiger partial charge on any atom is -0.483 e. The number of likely N-dealkylation sites (N-methyl/N-ethyl adjacent to an activating group) is 1. The number of H-pyrrole nitrogens is 1. The zero-order valence-corrected chi connectivity index (χ0v) is 19.8. The first kappa shape index (κ1) is 20.6. The third-order valence-corrected chi connectivity index (χ3v) is 6.84. The van der Waals surface area contributed by atoms with Crippen LogP contribution in [0.1, 0.15) is 51.3 Å². The molecule has 0 atom stereocenters. The number of hydrogen-bond acceptors (Lipinski definition) is 3. The van der Waals surface area contributed by atoms with Gasteiger partial charge in [0.1, 0.15) is 11.4 Å². The van der Waals surface area contributed by atoms with Crippen molar-refractivity contribution in [1.82, 2.24) is 14.8 Å². The molecule has 0 unspecified atom stereocenters. The summed E-state index contributed by atoms with van der Waals surface area (Å²) in [6.45, 7) is 16.5. The van der Waals surface area contributed by atoms with Crippen LogP contribution in [-0.4, -0.2) is 53.6 Å². The number of aromatic nitrogens is 1. The van der Waals surface area contributed by atoms with E-state index in [1.54, 1.807) is 0 Å². The van der Waals surface area contributed by atoms with E-state index in [2.05, 4.69) is 92.9 Å². The third-order valence-electron chi connectivity index (χ3n) is 6.84. The highest BCUT2D eigenvalue weighted by Crippen LogP contribution is 2.42. The van der Waals surface area contributed by atoms with Crippen LogP contribution in [0.25, 0.3) is 27.9 Å². The van der Waals surface area contributed by atoms with Crippen molar-refractivity contribution in [2.75, 3.05) is 33.2 Å². The van der Waals surface area contributed by atoms with E-state index in [0.29, 0.717) is 0 Å². The number of nitrogens with one attached hydrogen (secondary N) is 1. The topological polar surface area (TPSA) is 31.5 Å². The summed E-state index contributed by atoms with van der Waals surface area (Å²) >= 11 is 0. The summed E-state index contributed by atoms with van der Waals surface area (Å²) in [6.07, 6.45) is 4.44. The van der Waals surface area contributed by atoms with Crippen LogP contribution in [0, 0.1) is 0 Å².